The minimum absolute atomic E-state index is 0.0673. The van der Waals surface area contributed by atoms with E-state index >= 15 is 0 Å². The Balaban J connectivity index is 2.07. The lowest BCUT2D eigenvalue weighted by atomic mass is 10.2. The number of aromatic nitrogens is 1. The number of ether oxygens (including phenoxy) is 1. The van der Waals surface area contributed by atoms with Crippen LogP contribution in [-0.2, 0) is 11.3 Å². The van der Waals surface area contributed by atoms with Crippen LogP contribution in [0.3, 0.4) is 0 Å². The predicted molar refractivity (Wildman–Crippen MR) is 71.2 cm³/mol. The van der Waals surface area contributed by atoms with Crippen LogP contribution in [0.1, 0.15) is 21.6 Å². The number of nitro groups is 1. The molecule has 0 atom stereocenters. The SMILES string of the molecule is Cc1ccc(C(=O)OCc2ccccc2[N+](=O)[O-])cn1. The third-order valence-corrected chi connectivity index (χ3v) is 2.69. The van der Waals surface area contributed by atoms with E-state index in [-0.39, 0.29) is 12.3 Å². The van der Waals surface area contributed by atoms with Gasteiger partial charge in [-0.25, -0.2) is 4.79 Å². The van der Waals surface area contributed by atoms with Crippen LogP contribution in [0.2, 0.25) is 0 Å². The standard InChI is InChI=1S/C14H12N2O4/c1-10-6-7-11(8-15-10)14(17)20-9-12-4-2-3-5-13(12)16(18)19/h2-8H,9H2,1H3. The summed E-state index contributed by atoms with van der Waals surface area (Å²) in [5, 5.41) is 10.8. The van der Waals surface area contributed by atoms with Crippen molar-refractivity contribution in [3.05, 3.63) is 69.5 Å². The molecule has 0 amide bonds. The molecule has 102 valence electrons. The molecule has 2 rings (SSSR count). The van der Waals surface area contributed by atoms with E-state index in [1.165, 1.54) is 12.3 Å². The molecule has 1 aromatic heterocycles. The van der Waals surface area contributed by atoms with Gasteiger partial charge in [-0.15, -0.1) is 0 Å². The van der Waals surface area contributed by atoms with Gasteiger partial charge in [0.05, 0.1) is 16.1 Å². The van der Waals surface area contributed by atoms with Crippen LogP contribution in [0.4, 0.5) is 5.69 Å². The molecule has 0 saturated carbocycles. The number of carbonyl (C=O) groups is 1. The summed E-state index contributed by atoms with van der Waals surface area (Å²) in [7, 11) is 0. The lowest BCUT2D eigenvalue weighted by molar-refractivity contribution is -0.385. The van der Waals surface area contributed by atoms with Gasteiger partial charge in [0.25, 0.3) is 5.69 Å². The molecular weight excluding hydrogens is 260 g/mol. The number of benzene rings is 1. The lowest BCUT2D eigenvalue weighted by Gasteiger charge is -2.05. The number of esters is 1. The molecule has 1 aromatic carbocycles. The van der Waals surface area contributed by atoms with Gasteiger partial charge in [0.15, 0.2) is 0 Å². The van der Waals surface area contributed by atoms with Crippen molar-refractivity contribution in [2.24, 2.45) is 0 Å². The first-order valence-corrected chi connectivity index (χ1v) is 5.90. The third kappa shape index (κ3) is 3.17. The second-order valence-electron chi connectivity index (χ2n) is 4.15. The van der Waals surface area contributed by atoms with E-state index in [4.69, 9.17) is 4.74 Å². The van der Waals surface area contributed by atoms with Gasteiger partial charge in [-0.2, -0.15) is 0 Å². The molecule has 0 N–H and O–H groups in total. The normalized spacial score (nSPS) is 10.1. The van der Waals surface area contributed by atoms with Crippen molar-refractivity contribution in [3.8, 4) is 0 Å². The van der Waals surface area contributed by atoms with E-state index in [1.807, 2.05) is 6.92 Å². The number of nitrogens with zero attached hydrogens (tertiary/aromatic N) is 2. The fourth-order valence-electron chi connectivity index (χ4n) is 1.63. The molecule has 0 unspecified atom stereocenters. The van der Waals surface area contributed by atoms with Crippen molar-refractivity contribution >= 4 is 11.7 Å². The Kier molecular flexibility index (Phi) is 4.05. The molecule has 0 saturated heterocycles. The zero-order valence-corrected chi connectivity index (χ0v) is 10.8. The van der Waals surface area contributed by atoms with Crippen molar-refractivity contribution in [1.82, 2.24) is 4.98 Å². The quantitative estimate of drug-likeness (QED) is 0.485. The fraction of sp³-hybridized carbons (Fsp3) is 0.143. The number of hydrogen-bond donors (Lipinski definition) is 0. The summed E-state index contributed by atoms with van der Waals surface area (Å²) in [6.07, 6.45) is 1.41. The summed E-state index contributed by atoms with van der Waals surface area (Å²) < 4.78 is 5.06. The van der Waals surface area contributed by atoms with Crippen molar-refractivity contribution in [1.29, 1.82) is 0 Å². The molecule has 2 aromatic rings. The first kappa shape index (κ1) is 13.7. The van der Waals surface area contributed by atoms with Gasteiger partial charge < -0.3 is 4.74 Å². The number of pyridine rings is 1. The van der Waals surface area contributed by atoms with Gasteiger partial charge in [-0.05, 0) is 25.1 Å². The topological polar surface area (TPSA) is 82.3 Å². The molecule has 0 fully saturated rings. The Morgan fingerprint density at radius 2 is 2.05 bits per heavy atom. The molecular formula is C14H12N2O4. The Morgan fingerprint density at radius 3 is 2.70 bits per heavy atom. The highest BCUT2D eigenvalue weighted by molar-refractivity contribution is 5.89. The maximum absolute atomic E-state index is 11.8. The summed E-state index contributed by atoms with van der Waals surface area (Å²) in [5.74, 6) is -0.560. The Labute approximate surface area is 115 Å². The van der Waals surface area contributed by atoms with E-state index in [2.05, 4.69) is 4.98 Å². The number of carbonyl (C=O) groups excluding carboxylic acids is 1. The Morgan fingerprint density at radius 1 is 1.30 bits per heavy atom. The van der Waals surface area contributed by atoms with Crippen molar-refractivity contribution < 1.29 is 14.5 Å². The van der Waals surface area contributed by atoms with Crippen LogP contribution in [0.25, 0.3) is 0 Å². The van der Waals surface area contributed by atoms with E-state index in [0.29, 0.717) is 11.1 Å². The highest BCUT2D eigenvalue weighted by atomic mass is 16.6. The molecule has 0 radical (unpaired) electrons. The van der Waals surface area contributed by atoms with E-state index in [0.717, 1.165) is 5.69 Å². The van der Waals surface area contributed by atoms with E-state index < -0.39 is 10.9 Å². The number of hydrogen-bond acceptors (Lipinski definition) is 5. The first-order valence-electron chi connectivity index (χ1n) is 5.90. The highest BCUT2D eigenvalue weighted by Crippen LogP contribution is 2.18. The van der Waals surface area contributed by atoms with Gasteiger partial charge in [0.1, 0.15) is 6.61 Å². The van der Waals surface area contributed by atoms with Gasteiger partial charge in [-0.1, -0.05) is 12.1 Å². The molecule has 1 heterocycles. The number of rotatable bonds is 4. The molecule has 0 spiro atoms. The number of nitro benzene ring substituents is 1. The van der Waals surface area contributed by atoms with Gasteiger partial charge in [0, 0.05) is 18.0 Å². The monoisotopic (exact) mass is 272 g/mol. The molecule has 6 nitrogen and oxygen atoms in total. The Bertz CT molecular complexity index is 638. The summed E-state index contributed by atoms with van der Waals surface area (Å²) in [4.78, 5) is 26.1. The van der Waals surface area contributed by atoms with Crippen LogP contribution in [-0.4, -0.2) is 15.9 Å². The molecule has 0 aliphatic heterocycles. The average molecular weight is 272 g/mol. The summed E-state index contributed by atoms with van der Waals surface area (Å²) in [5.41, 5.74) is 1.39. The van der Waals surface area contributed by atoms with Crippen molar-refractivity contribution in [2.75, 3.05) is 0 Å². The minimum Gasteiger partial charge on any atom is -0.457 e. The average Bonchev–Trinajstić information content (AvgIpc) is 2.45. The second kappa shape index (κ2) is 5.92. The van der Waals surface area contributed by atoms with E-state index in [9.17, 15) is 14.9 Å². The molecule has 20 heavy (non-hydrogen) atoms. The Hall–Kier alpha value is -2.76. The highest BCUT2D eigenvalue weighted by Gasteiger charge is 2.15. The second-order valence-corrected chi connectivity index (χ2v) is 4.15. The zero-order valence-electron chi connectivity index (χ0n) is 10.8. The van der Waals surface area contributed by atoms with Crippen LogP contribution in [0, 0.1) is 17.0 Å². The van der Waals surface area contributed by atoms with Crippen LogP contribution in [0.5, 0.6) is 0 Å². The lowest BCUT2D eigenvalue weighted by Crippen LogP contribution is -2.07. The van der Waals surface area contributed by atoms with Crippen LogP contribution >= 0.6 is 0 Å². The van der Waals surface area contributed by atoms with Gasteiger partial charge in [-0.3, -0.25) is 15.1 Å². The molecule has 0 aliphatic carbocycles. The maximum atomic E-state index is 11.8. The third-order valence-electron chi connectivity index (χ3n) is 2.69. The van der Waals surface area contributed by atoms with E-state index in [1.54, 1.807) is 30.3 Å². The van der Waals surface area contributed by atoms with Gasteiger partial charge >= 0.3 is 5.97 Å². The molecule has 0 bridgehead atoms. The molecule has 6 heteroatoms. The number of para-hydroxylation sites is 1. The molecule has 0 aliphatic rings. The first-order chi connectivity index (χ1) is 9.58. The largest absolute Gasteiger partial charge is 0.457 e. The zero-order chi connectivity index (χ0) is 14.5. The number of aryl methyl sites for hydroxylation is 1. The summed E-state index contributed by atoms with van der Waals surface area (Å²) >= 11 is 0. The minimum atomic E-state index is -0.560. The maximum Gasteiger partial charge on any atom is 0.340 e. The van der Waals surface area contributed by atoms with Crippen molar-refractivity contribution in [2.45, 2.75) is 13.5 Å². The smallest absolute Gasteiger partial charge is 0.340 e. The predicted octanol–water partition coefficient (Wildman–Crippen LogP) is 2.66. The van der Waals surface area contributed by atoms with Crippen LogP contribution < -0.4 is 0 Å². The van der Waals surface area contributed by atoms with Crippen molar-refractivity contribution in [3.63, 3.8) is 0 Å². The fourth-order valence-corrected chi connectivity index (χ4v) is 1.63. The van der Waals surface area contributed by atoms with Gasteiger partial charge in [0.2, 0.25) is 0 Å². The summed E-state index contributed by atoms with van der Waals surface area (Å²) in [6, 6.07) is 9.44. The van der Waals surface area contributed by atoms with Crippen LogP contribution in [0.15, 0.2) is 42.6 Å². The summed E-state index contributed by atoms with van der Waals surface area (Å²) in [6.45, 7) is 1.66.